The molecule has 0 radical (unpaired) electrons. The highest BCUT2D eigenvalue weighted by Crippen LogP contribution is 2.26. The van der Waals surface area contributed by atoms with E-state index in [1.54, 1.807) is 11.3 Å². The molecule has 1 aromatic heterocycles. The molecule has 2 N–H and O–H groups in total. The Hall–Kier alpha value is -2.96. The number of para-hydroxylation sites is 1. The lowest BCUT2D eigenvalue weighted by molar-refractivity contribution is -0.123. The molecule has 1 fully saturated rings. The lowest BCUT2D eigenvalue weighted by Gasteiger charge is -2.31. The second-order valence-electron chi connectivity index (χ2n) is 7.83. The van der Waals surface area contributed by atoms with Gasteiger partial charge in [0.15, 0.2) is 0 Å². The molecule has 0 unspecified atom stereocenters. The standard InChI is InChI=1S/C25H27N3O2S/c29-23(27-24(22-12-7-17-31-22)19-8-3-1-4-9-19)18-28-15-13-20(14-16-28)25(30)26-21-10-5-2-6-11-21/h1-12,17,20,24H,13-16,18H2,(H,26,30)(H,27,29)/t24-/m1/s1. The van der Waals surface area contributed by atoms with Gasteiger partial charge in [0, 0.05) is 16.5 Å². The molecule has 3 aromatic rings. The average molecular weight is 434 g/mol. The molecule has 4 rings (SSSR count). The lowest BCUT2D eigenvalue weighted by atomic mass is 9.95. The fourth-order valence-electron chi connectivity index (χ4n) is 3.95. The highest BCUT2D eigenvalue weighted by atomic mass is 32.1. The number of rotatable bonds is 7. The third kappa shape index (κ3) is 5.81. The fourth-order valence-corrected chi connectivity index (χ4v) is 4.75. The summed E-state index contributed by atoms with van der Waals surface area (Å²) in [4.78, 5) is 28.6. The van der Waals surface area contributed by atoms with Gasteiger partial charge in [0.1, 0.15) is 0 Å². The second-order valence-corrected chi connectivity index (χ2v) is 8.81. The van der Waals surface area contributed by atoms with E-state index in [1.165, 1.54) is 0 Å². The summed E-state index contributed by atoms with van der Waals surface area (Å²) in [5.74, 6) is 0.0642. The Kier molecular flexibility index (Phi) is 7.12. The van der Waals surface area contributed by atoms with Crippen LogP contribution in [0.3, 0.4) is 0 Å². The highest BCUT2D eigenvalue weighted by Gasteiger charge is 2.27. The van der Waals surface area contributed by atoms with Crippen molar-refractivity contribution in [2.45, 2.75) is 18.9 Å². The van der Waals surface area contributed by atoms with Gasteiger partial charge < -0.3 is 10.6 Å². The summed E-state index contributed by atoms with van der Waals surface area (Å²) >= 11 is 1.65. The number of anilines is 1. The molecule has 1 aliphatic heterocycles. The first-order valence-corrected chi connectivity index (χ1v) is 11.5. The first kappa shape index (κ1) is 21.3. The van der Waals surface area contributed by atoms with Crippen LogP contribution in [-0.4, -0.2) is 36.3 Å². The summed E-state index contributed by atoms with van der Waals surface area (Å²) < 4.78 is 0. The molecule has 1 aliphatic rings. The van der Waals surface area contributed by atoms with Crippen molar-refractivity contribution in [3.8, 4) is 0 Å². The van der Waals surface area contributed by atoms with Gasteiger partial charge in [0.05, 0.1) is 12.6 Å². The number of benzene rings is 2. The zero-order valence-electron chi connectivity index (χ0n) is 17.4. The van der Waals surface area contributed by atoms with Crippen LogP contribution in [0.15, 0.2) is 78.2 Å². The molecule has 1 atom stereocenters. The maximum absolute atomic E-state index is 12.8. The number of piperidine rings is 1. The van der Waals surface area contributed by atoms with Gasteiger partial charge in [-0.2, -0.15) is 0 Å². The van der Waals surface area contributed by atoms with E-state index in [0.717, 1.165) is 42.1 Å². The van der Waals surface area contributed by atoms with Crippen LogP contribution in [-0.2, 0) is 9.59 Å². The molecular weight excluding hydrogens is 406 g/mol. The average Bonchev–Trinajstić information content (AvgIpc) is 3.34. The number of hydrogen-bond donors (Lipinski definition) is 2. The van der Waals surface area contributed by atoms with Crippen LogP contribution < -0.4 is 10.6 Å². The van der Waals surface area contributed by atoms with Crippen molar-refractivity contribution >= 4 is 28.8 Å². The first-order valence-electron chi connectivity index (χ1n) is 10.6. The quantitative estimate of drug-likeness (QED) is 0.584. The fraction of sp³-hybridized carbons (Fsp3) is 0.280. The van der Waals surface area contributed by atoms with Crippen LogP contribution >= 0.6 is 11.3 Å². The van der Waals surface area contributed by atoms with Crippen molar-refractivity contribution in [2.24, 2.45) is 5.92 Å². The minimum Gasteiger partial charge on any atom is -0.343 e. The van der Waals surface area contributed by atoms with E-state index in [2.05, 4.69) is 21.6 Å². The maximum Gasteiger partial charge on any atom is 0.234 e. The van der Waals surface area contributed by atoms with Gasteiger partial charge in [-0.3, -0.25) is 14.5 Å². The Morgan fingerprint density at radius 1 is 0.935 bits per heavy atom. The Balaban J connectivity index is 1.29. The Morgan fingerprint density at radius 2 is 1.61 bits per heavy atom. The number of hydrogen-bond acceptors (Lipinski definition) is 4. The molecule has 6 heteroatoms. The van der Waals surface area contributed by atoms with E-state index in [4.69, 9.17) is 0 Å². The van der Waals surface area contributed by atoms with E-state index in [1.807, 2.05) is 72.1 Å². The number of nitrogens with zero attached hydrogens (tertiary/aromatic N) is 1. The van der Waals surface area contributed by atoms with E-state index in [0.29, 0.717) is 6.54 Å². The maximum atomic E-state index is 12.8. The molecule has 31 heavy (non-hydrogen) atoms. The van der Waals surface area contributed by atoms with Crippen LogP contribution in [0.25, 0.3) is 0 Å². The SMILES string of the molecule is O=C(CN1CCC(C(=O)Nc2ccccc2)CC1)N[C@H](c1ccccc1)c1cccs1. The van der Waals surface area contributed by atoms with Crippen LogP contribution in [0.4, 0.5) is 5.69 Å². The normalized spacial score (nSPS) is 15.9. The van der Waals surface area contributed by atoms with Crippen molar-refractivity contribution in [1.82, 2.24) is 10.2 Å². The van der Waals surface area contributed by atoms with Gasteiger partial charge in [0.2, 0.25) is 11.8 Å². The van der Waals surface area contributed by atoms with E-state index in [9.17, 15) is 9.59 Å². The van der Waals surface area contributed by atoms with Gasteiger partial charge in [0.25, 0.3) is 0 Å². The summed E-state index contributed by atoms with van der Waals surface area (Å²) in [5.41, 5.74) is 1.91. The van der Waals surface area contributed by atoms with Gasteiger partial charge in [-0.15, -0.1) is 11.3 Å². The lowest BCUT2D eigenvalue weighted by Crippen LogP contribution is -2.44. The van der Waals surface area contributed by atoms with Crippen molar-refractivity contribution in [2.75, 3.05) is 25.0 Å². The molecule has 0 bridgehead atoms. The largest absolute Gasteiger partial charge is 0.343 e. The molecule has 160 valence electrons. The molecule has 0 aliphatic carbocycles. The number of carbonyl (C=O) groups is 2. The van der Waals surface area contributed by atoms with Crippen LogP contribution in [0, 0.1) is 5.92 Å². The summed E-state index contributed by atoms with van der Waals surface area (Å²) in [6.45, 7) is 1.84. The van der Waals surface area contributed by atoms with Gasteiger partial charge in [-0.05, 0) is 55.1 Å². The topological polar surface area (TPSA) is 61.4 Å². The molecular formula is C25H27N3O2S. The van der Waals surface area contributed by atoms with Gasteiger partial charge in [-0.25, -0.2) is 0 Å². The molecule has 2 aromatic carbocycles. The van der Waals surface area contributed by atoms with Crippen molar-refractivity contribution in [3.63, 3.8) is 0 Å². The summed E-state index contributed by atoms with van der Waals surface area (Å²) in [5, 5.41) is 8.22. The third-order valence-corrected chi connectivity index (χ3v) is 6.57. The molecule has 2 amide bonds. The molecule has 0 saturated carbocycles. The molecule has 5 nitrogen and oxygen atoms in total. The molecule has 0 spiro atoms. The minimum absolute atomic E-state index is 0.00874. The number of amides is 2. The zero-order valence-corrected chi connectivity index (χ0v) is 18.2. The zero-order chi connectivity index (χ0) is 21.5. The minimum atomic E-state index is -0.136. The van der Waals surface area contributed by atoms with E-state index >= 15 is 0 Å². The van der Waals surface area contributed by atoms with E-state index < -0.39 is 0 Å². The number of carbonyl (C=O) groups excluding carboxylic acids is 2. The Bertz CT molecular complexity index is 969. The summed E-state index contributed by atoms with van der Waals surface area (Å²) in [6.07, 6.45) is 1.53. The summed E-state index contributed by atoms with van der Waals surface area (Å²) in [7, 11) is 0. The predicted octanol–water partition coefficient (Wildman–Crippen LogP) is 4.30. The number of nitrogens with one attached hydrogen (secondary N) is 2. The van der Waals surface area contributed by atoms with Gasteiger partial charge >= 0.3 is 0 Å². The van der Waals surface area contributed by atoms with E-state index in [-0.39, 0.29) is 23.8 Å². The Morgan fingerprint density at radius 3 is 2.26 bits per heavy atom. The number of thiophene rings is 1. The van der Waals surface area contributed by atoms with Crippen molar-refractivity contribution in [1.29, 1.82) is 0 Å². The predicted molar refractivity (Wildman–Crippen MR) is 125 cm³/mol. The number of likely N-dealkylation sites (tertiary alicyclic amines) is 1. The first-order chi connectivity index (χ1) is 15.2. The van der Waals surface area contributed by atoms with Crippen molar-refractivity contribution < 1.29 is 9.59 Å². The molecule has 2 heterocycles. The van der Waals surface area contributed by atoms with Crippen LogP contribution in [0.5, 0.6) is 0 Å². The van der Waals surface area contributed by atoms with Crippen LogP contribution in [0.1, 0.15) is 29.3 Å². The van der Waals surface area contributed by atoms with Crippen molar-refractivity contribution in [3.05, 3.63) is 88.6 Å². The summed E-state index contributed by atoms with van der Waals surface area (Å²) in [6, 6.07) is 23.5. The van der Waals surface area contributed by atoms with Crippen LogP contribution in [0.2, 0.25) is 0 Å². The highest BCUT2D eigenvalue weighted by molar-refractivity contribution is 7.10. The third-order valence-electron chi connectivity index (χ3n) is 5.63. The monoisotopic (exact) mass is 433 g/mol. The smallest absolute Gasteiger partial charge is 0.234 e. The molecule has 1 saturated heterocycles. The van der Waals surface area contributed by atoms with Gasteiger partial charge in [-0.1, -0.05) is 54.6 Å². The second kappa shape index (κ2) is 10.4. The Labute approximate surface area is 187 Å².